The van der Waals surface area contributed by atoms with Gasteiger partial charge in [0.05, 0.1) is 23.4 Å². The van der Waals surface area contributed by atoms with Crippen LogP contribution in [0.1, 0.15) is 22.5 Å². The Hall–Kier alpha value is -2.12. The number of likely N-dealkylation sites (tertiary alicyclic amines) is 1. The molecular formula is C15H18Cl2N4O3. The van der Waals surface area contributed by atoms with E-state index >= 15 is 0 Å². The minimum atomic E-state index is -0.851. The molecule has 0 saturated carbocycles. The zero-order valence-corrected chi connectivity index (χ0v) is 14.6. The van der Waals surface area contributed by atoms with Crippen LogP contribution in [0.3, 0.4) is 0 Å². The van der Waals surface area contributed by atoms with Gasteiger partial charge < -0.3 is 10.0 Å². The van der Waals surface area contributed by atoms with Crippen LogP contribution in [0.5, 0.6) is 0 Å². The van der Waals surface area contributed by atoms with Crippen LogP contribution in [0.4, 0.5) is 0 Å². The highest BCUT2D eigenvalue weighted by atomic mass is 35.5. The molecule has 3 heterocycles. The van der Waals surface area contributed by atoms with Crippen molar-refractivity contribution in [1.29, 1.82) is 0 Å². The number of aromatic nitrogens is 3. The maximum absolute atomic E-state index is 12.5. The Morgan fingerprint density at radius 1 is 1.29 bits per heavy atom. The molecule has 1 amide bonds. The molecule has 0 spiro atoms. The van der Waals surface area contributed by atoms with Crippen molar-refractivity contribution in [2.24, 2.45) is 5.92 Å². The molecular weight excluding hydrogens is 355 g/mol. The Kier molecular flexibility index (Phi) is 6.74. The van der Waals surface area contributed by atoms with Crippen LogP contribution in [0.25, 0.3) is 5.82 Å². The van der Waals surface area contributed by atoms with E-state index in [1.807, 2.05) is 18.2 Å². The lowest BCUT2D eigenvalue weighted by Gasteiger charge is -2.15. The van der Waals surface area contributed by atoms with Crippen molar-refractivity contribution in [2.45, 2.75) is 13.3 Å². The third-order valence-corrected chi connectivity index (χ3v) is 3.93. The van der Waals surface area contributed by atoms with Gasteiger partial charge in [0.25, 0.3) is 5.91 Å². The fourth-order valence-corrected chi connectivity index (χ4v) is 2.65. The van der Waals surface area contributed by atoms with Gasteiger partial charge in [-0.1, -0.05) is 6.07 Å². The smallest absolute Gasteiger partial charge is 0.308 e. The number of carbonyl (C=O) groups is 2. The molecule has 1 aliphatic heterocycles. The molecule has 9 heteroatoms. The molecule has 130 valence electrons. The fraction of sp³-hybridized carbons (Fsp3) is 0.333. The Morgan fingerprint density at radius 3 is 2.62 bits per heavy atom. The van der Waals surface area contributed by atoms with Gasteiger partial charge in [-0.25, -0.2) is 9.67 Å². The van der Waals surface area contributed by atoms with Crippen molar-refractivity contribution in [3.05, 3.63) is 41.9 Å². The lowest BCUT2D eigenvalue weighted by molar-refractivity contribution is -0.141. The van der Waals surface area contributed by atoms with Crippen molar-refractivity contribution >= 4 is 36.7 Å². The summed E-state index contributed by atoms with van der Waals surface area (Å²) in [5.41, 5.74) is 1.18. The minimum Gasteiger partial charge on any atom is -0.481 e. The highest BCUT2D eigenvalue weighted by Crippen LogP contribution is 2.21. The first-order valence-electron chi connectivity index (χ1n) is 7.06. The number of hydrogen-bond acceptors (Lipinski definition) is 4. The van der Waals surface area contributed by atoms with Gasteiger partial charge in [0.1, 0.15) is 0 Å². The summed E-state index contributed by atoms with van der Waals surface area (Å²) in [4.78, 5) is 29.3. The SMILES string of the molecule is Cc1c(C(=O)N2CCC(C(=O)O)C2)cnn1-c1ccccn1.Cl.Cl. The molecule has 1 aliphatic rings. The Morgan fingerprint density at radius 2 is 2.04 bits per heavy atom. The molecule has 7 nitrogen and oxygen atoms in total. The van der Waals surface area contributed by atoms with E-state index in [-0.39, 0.29) is 37.3 Å². The van der Waals surface area contributed by atoms with Crippen molar-refractivity contribution in [3.8, 4) is 5.82 Å². The van der Waals surface area contributed by atoms with E-state index in [2.05, 4.69) is 10.1 Å². The summed E-state index contributed by atoms with van der Waals surface area (Å²) in [7, 11) is 0. The van der Waals surface area contributed by atoms with Gasteiger partial charge in [-0.05, 0) is 25.5 Å². The van der Waals surface area contributed by atoms with E-state index in [1.54, 1.807) is 22.7 Å². The van der Waals surface area contributed by atoms with Crippen LogP contribution in [0, 0.1) is 12.8 Å². The fourth-order valence-electron chi connectivity index (χ4n) is 2.65. The van der Waals surface area contributed by atoms with Crippen molar-refractivity contribution in [1.82, 2.24) is 19.7 Å². The summed E-state index contributed by atoms with van der Waals surface area (Å²) >= 11 is 0. The average molecular weight is 373 g/mol. The van der Waals surface area contributed by atoms with Gasteiger partial charge in [-0.3, -0.25) is 9.59 Å². The number of halogens is 2. The van der Waals surface area contributed by atoms with E-state index in [0.29, 0.717) is 30.0 Å². The van der Waals surface area contributed by atoms with E-state index in [1.165, 1.54) is 6.20 Å². The number of nitrogens with zero attached hydrogens (tertiary/aromatic N) is 4. The molecule has 0 bridgehead atoms. The van der Waals surface area contributed by atoms with Crippen LogP contribution in [0.15, 0.2) is 30.6 Å². The molecule has 1 atom stereocenters. The number of pyridine rings is 1. The number of amides is 1. The van der Waals surface area contributed by atoms with Gasteiger partial charge in [0.2, 0.25) is 0 Å². The first-order chi connectivity index (χ1) is 10.6. The van der Waals surface area contributed by atoms with Crippen molar-refractivity contribution in [2.75, 3.05) is 13.1 Å². The van der Waals surface area contributed by atoms with Gasteiger partial charge in [0, 0.05) is 19.3 Å². The average Bonchev–Trinajstić information content (AvgIpc) is 3.14. The van der Waals surface area contributed by atoms with Gasteiger partial charge in [0.15, 0.2) is 5.82 Å². The van der Waals surface area contributed by atoms with Crippen molar-refractivity contribution < 1.29 is 14.7 Å². The van der Waals surface area contributed by atoms with Gasteiger partial charge in [-0.2, -0.15) is 5.10 Å². The third-order valence-electron chi connectivity index (χ3n) is 3.93. The second-order valence-corrected chi connectivity index (χ2v) is 5.32. The van der Waals surface area contributed by atoms with Crippen LogP contribution in [-0.2, 0) is 4.79 Å². The summed E-state index contributed by atoms with van der Waals surface area (Å²) in [6, 6.07) is 5.47. The van der Waals surface area contributed by atoms with E-state index in [9.17, 15) is 9.59 Å². The Labute approximate surface area is 151 Å². The summed E-state index contributed by atoms with van der Waals surface area (Å²) < 4.78 is 1.61. The largest absolute Gasteiger partial charge is 0.481 e. The second-order valence-electron chi connectivity index (χ2n) is 5.32. The number of hydrogen-bond donors (Lipinski definition) is 1. The first-order valence-corrected chi connectivity index (χ1v) is 7.06. The molecule has 0 radical (unpaired) electrons. The molecule has 2 aromatic heterocycles. The topological polar surface area (TPSA) is 88.3 Å². The predicted molar refractivity (Wildman–Crippen MR) is 92.2 cm³/mol. The zero-order valence-electron chi connectivity index (χ0n) is 13.0. The lowest BCUT2D eigenvalue weighted by atomic mass is 10.1. The van der Waals surface area contributed by atoms with Crippen LogP contribution in [0.2, 0.25) is 0 Å². The standard InChI is InChI=1S/C15H16N4O3.2ClH/c1-10-12(8-17-19(10)13-4-2-3-6-16-13)14(20)18-7-5-11(9-18)15(21)22;;/h2-4,6,8,11H,5,7,9H2,1H3,(H,21,22);2*1H. The highest BCUT2D eigenvalue weighted by molar-refractivity contribution is 5.95. The maximum Gasteiger partial charge on any atom is 0.308 e. The van der Waals surface area contributed by atoms with Crippen LogP contribution in [-0.4, -0.2) is 49.7 Å². The minimum absolute atomic E-state index is 0. The molecule has 0 aromatic carbocycles. The Balaban J connectivity index is 0.00000144. The number of rotatable bonds is 3. The molecule has 3 rings (SSSR count). The number of carbonyl (C=O) groups excluding carboxylic acids is 1. The van der Waals surface area contributed by atoms with Crippen molar-refractivity contribution in [3.63, 3.8) is 0 Å². The van der Waals surface area contributed by atoms with Gasteiger partial charge in [-0.15, -0.1) is 24.8 Å². The number of carboxylic acids is 1. The van der Waals surface area contributed by atoms with Crippen LogP contribution >= 0.6 is 24.8 Å². The lowest BCUT2D eigenvalue weighted by Crippen LogP contribution is -2.30. The van der Waals surface area contributed by atoms with E-state index in [4.69, 9.17) is 5.11 Å². The quantitative estimate of drug-likeness (QED) is 0.889. The normalized spacial score (nSPS) is 16.2. The molecule has 1 saturated heterocycles. The van der Waals surface area contributed by atoms with Gasteiger partial charge >= 0.3 is 5.97 Å². The monoisotopic (exact) mass is 372 g/mol. The molecule has 0 aliphatic carbocycles. The summed E-state index contributed by atoms with van der Waals surface area (Å²) in [5, 5.41) is 13.3. The van der Waals surface area contributed by atoms with E-state index < -0.39 is 11.9 Å². The second kappa shape index (κ2) is 8.12. The first kappa shape index (κ1) is 19.9. The molecule has 1 N–H and O–H groups in total. The molecule has 24 heavy (non-hydrogen) atoms. The molecule has 2 aromatic rings. The predicted octanol–water partition coefficient (Wildman–Crippen LogP) is 1.97. The number of carboxylic acid groups (broad SMARTS) is 1. The zero-order chi connectivity index (χ0) is 15.7. The summed E-state index contributed by atoms with van der Waals surface area (Å²) in [6.45, 7) is 2.52. The van der Waals surface area contributed by atoms with E-state index in [0.717, 1.165) is 0 Å². The highest BCUT2D eigenvalue weighted by Gasteiger charge is 2.32. The summed E-state index contributed by atoms with van der Waals surface area (Å²) in [5.74, 6) is -0.862. The maximum atomic E-state index is 12.5. The Bertz CT molecular complexity index is 721. The third kappa shape index (κ3) is 3.68. The van der Waals surface area contributed by atoms with Crippen LogP contribution < -0.4 is 0 Å². The molecule has 1 unspecified atom stereocenters. The number of aliphatic carboxylic acids is 1. The summed E-state index contributed by atoms with van der Waals surface area (Å²) in [6.07, 6.45) is 3.67. The molecule has 1 fully saturated rings.